The van der Waals surface area contributed by atoms with E-state index in [0.29, 0.717) is 6.42 Å². The van der Waals surface area contributed by atoms with Crippen molar-refractivity contribution in [1.29, 1.82) is 0 Å². The summed E-state index contributed by atoms with van der Waals surface area (Å²) in [6.07, 6.45) is 6.32. The Balaban J connectivity index is 1.79. The standard InChI is InChI=1S/C21H28O3S/c1-2-3-5-13-20-14-8-9-15-21(20)16-10-17-24-25(22,23)18-19-11-6-4-7-12-19/h4,6-9,11-12,14-15H,2-3,5,10,13,16-18H2,1H3. The molecule has 0 aliphatic rings. The second-order valence-electron chi connectivity index (χ2n) is 6.34. The van der Waals surface area contributed by atoms with Gasteiger partial charge in [-0.25, -0.2) is 0 Å². The molecule has 2 aromatic rings. The van der Waals surface area contributed by atoms with E-state index in [-0.39, 0.29) is 12.4 Å². The molecule has 0 bridgehead atoms. The third-order valence-corrected chi connectivity index (χ3v) is 5.42. The Hall–Kier alpha value is -1.65. The number of aryl methyl sites for hydroxylation is 2. The molecule has 2 rings (SSSR count). The number of unbranched alkanes of at least 4 members (excludes halogenated alkanes) is 2. The molecule has 0 saturated heterocycles. The quantitative estimate of drug-likeness (QED) is 0.423. The van der Waals surface area contributed by atoms with Crippen molar-refractivity contribution in [2.24, 2.45) is 0 Å². The van der Waals surface area contributed by atoms with Crippen molar-refractivity contribution in [3.8, 4) is 0 Å². The molecule has 0 N–H and O–H groups in total. The second kappa shape index (κ2) is 10.4. The highest BCUT2D eigenvalue weighted by atomic mass is 32.2. The summed E-state index contributed by atoms with van der Waals surface area (Å²) in [7, 11) is -3.52. The molecule has 0 heterocycles. The first kappa shape index (κ1) is 19.7. The summed E-state index contributed by atoms with van der Waals surface area (Å²) in [6.45, 7) is 2.44. The summed E-state index contributed by atoms with van der Waals surface area (Å²) in [5.41, 5.74) is 3.44. The molecule has 3 nitrogen and oxygen atoms in total. The molecule has 0 aliphatic heterocycles. The summed E-state index contributed by atoms with van der Waals surface area (Å²) in [5, 5.41) is 0. The van der Waals surface area contributed by atoms with Gasteiger partial charge in [-0.1, -0.05) is 74.4 Å². The molecule has 0 atom stereocenters. The van der Waals surface area contributed by atoms with Gasteiger partial charge in [0.1, 0.15) is 5.75 Å². The molecule has 0 unspecified atom stereocenters. The van der Waals surface area contributed by atoms with Gasteiger partial charge in [0.05, 0.1) is 6.61 Å². The third-order valence-electron chi connectivity index (χ3n) is 4.21. The lowest BCUT2D eigenvalue weighted by atomic mass is 9.98. The van der Waals surface area contributed by atoms with Crippen molar-refractivity contribution in [2.75, 3.05) is 6.61 Å². The summed E-state index contributed by atoms with van der Waals surface area (Å²) < 4.78 is 29.2. The Bertz CT molecular complexity index is 724. The highest BCUT2D eigenvalue weighted by molar-refractivity contribution is 7.85. The van der Waals surface area contributed by atoms with Crippen molar-refractivity contribution in [3.05, 3.63) is 71.3 Å². The maximum Gasteiger partial charge on any atom is 0.271 e. The van der Waals surface area contributed by atoms with E-state index in [0.717, 1.165) is 18.4 Å². The lowest BCUT2D eigenvalue weighted by molar-refractivity contribution is 0.311. The fourth-order valence-corrected chi connectivity index (χ4v) is 3.94. The van der Waals surface area contributed by atoms with Crippen LogP contribution in [0, 0.1) is 0 Å². The summed E-state index contributed by atoms with van der Waals surface area (Å²) in [4.78, 5) is 0. The van der Waals surface area contributed by atoms with Gasteiger partial charge in [-0.3, -0.25) is 4.18 Å². The van der Waals surface area contributed by atoms with E-state index in [1.54, 1.807) is 12.1 Å². The maximum atomic E-state index is 12.0. The zero-order chi connectivity index (χ0) is 18.0. The molecule has 0 amide bonds. The van der Waals surface area contributed by atoms with E-state index >= 15 is 0 Å². The predicted molar refractivity (Wildman–Crippen MR) is 103 cm³/mol. The number of benzene rings is 2. The van der Waals surface area contributed by atoms with E-state index in [2.05, 4.69) is 25.1 Å². The van der Waals surface area contributed by atoms with Gasteiger partial charge in [-0.15, -0.1) is 0 Å². The largest absolute Gasteiger partial charge is 0.271 e. The number of hydrogen-bond donors (Lipinski definition) is 0. The zero-order valence-corrected chi connectivity index (χ0v) is 15.8. The van der Waals surface area contributed by atoms with Gasteiger partial charge in [0.25, 0.3) is 10.1 Å². The van der Waals surface area contributed by atoms with Crippen LogP contribution in [0.15, 0.2) is 54.6 Å². The first-order valence-electron chi connectivity index (χ1n) is 9.08. The fraction of sp³-hybridized carbons (Fsp3) is 0.429. The van der Waals surface area contributed by atoms with Gasteiger partial charge in [0.2, 0.25) is 0 Å². The molecular weight excluding hydrogens is 332 g/mol. The Morgan fingerprint density at radius 3 is 2.04 bits per heavy atom. The van der Waals surface area contributed by atoms with Crippen LogP contribution in [0.25, 0.3) is 0 Å². The van der Waals surface area contributed by atoms with Crippen LogP contribution in [-0.2, 0) is 32.9 Å². The summed E-state index contributed by atoms with van der Waals surface area (Å²) in [6, 6.07) is 17.6. The molecule has 0 radical (unpaired) electrons. The normalized spacial score (nSPS) is 11.6. The molecule has 0 aromatic heterocycles. The second-order valence-corrected chi connectivity index (χ2v) is 7.98. The summed E-state index contributed by atoms with van der Waals surface area (Å²) >= 11 is 0. The topological polar surface area (TPSA) is 43.4 Å². The molecule has 0 spiro atoms. The lowest BCUT2D eigenvalue weighted by Gasteiger charge is -2.10. The van der Waals surface area contributed by atoms with Gasteiger partial charge in [0.15, 0.2) is 0 Å². The maximum absolute atomic E-state index is 12.0. The number of hydrogen-bond acceptors (Lipinski definition) is 3. The third kappa shape index (κ3) is 7.41. The molecule has 2 aromatic carbocycles. The number of rotatable bonds is 11. The van der Waals surface area contributed by atoms with Gasteiger partial charge >= 0.3 is 0 Å². The molecular formula is C21H28O3S. The molecule has 25 heavy (non-hydrogen) atoms. The minimum Gasteiger partial charge on any atom is -0.270 e. The van der Waals surface area contributed by atoms with Gasteiger partial charge in [0, 0.05) is 0 Å². The smallest absolute Gasteiger partial charge is 0.270 e. The fourth-order valence-electron chi connectivity index (χ4n) is 2.88. The molecule has 136 valence electrons. The lowest BCUT2D eigenvalue weighted by Crippen LogP contribution is -2.10. The predicted octanol–water partition coefficient (Wildman–Crippen LogP) is 4.90. The van der Waals surface area contributed by atoms with Crippen LogP contribution in [0.2, 0.25) is 0 Å². The van der Waals surface area contributed by atoms with Crippen LogP contribution >= 0.6 is 0 Å². The van der Waals surface area contributed by atoms with E-state index in [1.807, 2.05) is 24.3 Å². The van der Waals surface area contributed by atoms with E-state index in [9.17, 15) is 8.42 Å². The Labute approximate surface area is 152 Å². The van der Waals surface area contributed by atoms with Crippen molar-refractivity contribution < 1.29 is 12.6 Å². The molecule has 0 saturated carbocycles. The highest BCUT2D eigenvalue weighted by Gasteiger charge is 2.12. The van der Waals surface area contributed by atoms with Crippen molar-refractivity contribution in [3.63, 3.8) is 0 Å². The van der Waals surface area contributed by atoms with Crippen molar-refractivity contribution in [1.82, 2.24) is 0 Å². The monoisotopic (exact) mass is 360 g/mol. The van der Waals surface area contributed by atoms with Gasteiger partial charge in [-0.05, 0) is 42.4 Å². The first-order chi connectivity index (χ1) is 12.1. The molecule has 0 fully saturated rings. The van der Waals surface area contributed by atoms with Crippen LogP contribution in [0.1, 0.15) is 49.3 Å². The van der Waals surface area contributed by atoms with Gasteiger partial charge in [-0.2, -0.15) is 8.42 Å². The SMILES string of the molecule is CCCCCc1ccccc1CCCOS(=O)(=O)Cc1ccccc1. The van der Waals surface area contributed by atoms with Crippen LogP contribution in [0.5, 0.6) is 0 Å². The minimum absolute atomic E-state index is 0.0680. The van der Waals surface area contributed by atoms with Crippen LogP contribution in [0.4, 0.5) is 0 Å². The van der Waals surface area contributed by atoms with E-state index < -0.39 is 10.1 Å². The van der Waals surface area contributed by atoms with Crippen LogP contribution in [0.3, 0.4) is 0 Å². The minimum atomic E-state index is -3.52. The van der Waals surface area contributed by atoms with E-state index in [4.69, 9.17) is 4.18 Å². The van der Waals surface area contributed by atoms with Crippen molar-refractivity contribution in [2.45, 2.75) is 51.2 Å². The highest BCUT2D eigenvalue weighted by Crippen LogP contribution is 2.15. The first-order valence-corrected chi connectivity index (χ1v) is 10.7. The Morgan fingerprint density at radius 1 is 0.800 bits per heavy atom. The zero-order valence-electron chi connectivity index (χ0n) is 15.0. The molecule has 4 heteroatoms. The Morgan fingerprint density at radius 2 is 1.40 bits per heavy atom. The molecule has 0 aliphatic carbocycles. The van der Waals surface area contributed by atoms with Crippen LogP contribution in [-0.4, -0.2) is 15.0 Å². The Kier molecular flexibility index (Phi) is 8.16. The summed E-state index contributed by atoms with van der Waals surface area (Å²) in [5.74, 6) is -0.0680. The average molecular weight is 361 g/mol. The van der Waals surface area contributed by atoms with Gasteiger partial charge < -0.3 is 0 Å². The average Bonchev–Trinajstić information content (AvgIpc) is 2.60. The van der Waals surface area contributed by atoms with E-state index in [1.165, 1.54) is 30.4 Å². The van der Waals surface area contributed by atoms with Crippen molar-refractivity contribution >= 4 is 10.1 Å². The van der Waals surface area contributed by atoms with Crippen LogP contribution < -0.4 is 0 Å².